The summed E-state index contributed by atoms with van der Waals surface area (Å²) in [5.41, 5.74) is -0.500. The van der Waals surface area contributed by atoms with Crippen LogP contribution >= 0.6 is 0 Å². The minimum Gasteiger partial charge on any atom is -0.368 e. The van der Waals surface area contributed by atoms with Crippen molar-refractivity contribution < 1.29 is 14.3 Å². The molecule has 0 radical (unpaired) electrons. The van der Waals surface area contributed by atoms with Crippen LogP contribution in [-0.2, 0) is 14.3 Å². The van der Waals surface area contributed by atoms with E-state index < -0.39 is 0 Å². The van der Waals surface area contributed by atoms with Crippen molar-refractivity contribution >= 4 is 11.6 Å². The maximum Gasteiger partial charge on any atom is 0.158 e. The molecule has 0 aromatic carbocycles. The molecule has 0 spiro atoms. The number of Topliss-reactive ketones (excluding diaryl/α,β-unsaturated/α-hetero) is 2. The van der Waals surface area contributed by atoms with E-state index in [4.69, 9.17) is 4.74 Å². The lowest BCUT2D eigenvalue weighted by atomic mass is 9.73. The molecule has 0 unspecified atom stereocenters. The second-order valence-electron chi connectivity index (χ2n) is 8.48. The van der Waals surface area contributed by atoms with Crippen molar-refractivity contribution in [2.45, 2.75) is 79.2 Å². The molecular weight excluding hydrogens is 264 g/mol. The van der Waals surface area contributed by atoms with Crippen molar-refractivity contribution in [3.63, 3.8) is 0 Å². The van der Waals surface area contributed by atoms with Crippen LogP contribution in [0.5, 0.6) is 0 Å². The first kappa shape index (κ1) is 18.3. The third-order valence-corrected chi connectivity index (χ3v) is 4.14. The number of ketones is 2. The Labute approximate surface area is 129 Å². The van der Waals surface area contributed by atoms with Gasteiger partial charge in [-0.05, 0) is 52.4 Å². The van der Waals surface area contributed by atoms with E-state index in [-0.39, 0.29) is 29.3 Å². The average molecular weight is 296 g/mol. The molecule has 1 aliphatic carbocycles. The largest absolute Gasteiger partial charge is 0.368 e. The normalized spacial score (nSPS) is 23.9. The van der Waals surface area contributed by atoms with E-state index in [2.05, 4.69) is 0 Å². The molecule has 0 heterocycles. The van der Waals surface area contributed by atoms with Gasteiger partial charge in [-0.3, -0.25) is 9.59 Å². The zero-order valence-electron chi connectivity index (χ0n) is 14.6. The Hall–Kier alpha value is -0.700. The van der Waals surface area contributed by atoms with Crippen LogP contribution in [0.2, 0.25) is 0 Å². The van der Waals surface area contributed by atoms with Crippen LogP contribution in [0.3, 0.4) is 0 Å². The summed E-state index contributed by atoms with van der Waals surface area (Å²) in [7, 11) is 0. The standard InChI is InChI=1S/C18H32O3/c1-17(2,3)16(20)14-9-7-13(8-10-14)11-15(19)12-21-18(4,5)6/h13-14H,7-12H2,1-6H3. The lowest BCUT2D eigenvalue weighted by Crippen LogP contribution is -2.32. The Morgan fingerprint density at radius 1 is 0.952 bits per heavy atom. The van der Waals surface area contributed by atoms with Gasteiger partial charge in [-0.25, -0.2) is 0 Å². The van der Waals surface area contributed by atoms with Crippen molar-refractivity contribution in [1.82, 2.24) is 0 Å². The van der Waals surface area contributed by atoms with Crippen molar-refractivity contribution in [3.05, 3.63) is 0 Å². The number of carbonyl (C=O) groups excluding carboxylic acids is 2. The van der Waals surface area contributed by atoms with Gasteiger partial charge >= 0.3 is 0 Å². The molecule has 0 saturated heterocycles. The van der Waals surface area contributed by atoms with Gasteiger partial charge in [0.1, 0.15) is 12.4 Å². The van der Waals surface area contributed by atoms with E-state index >= 15 is 0 Å². The summed E-state index contributed by atoms with van der Waals surface area (Å²) in [6.45, 7) is 12.1. The van der Waals surface area contributed by atoms with E-state index in [1.807, 2.05) is 41.5 Å². The van der Waals surface area contributed by atoms with E-state index in [0.29, 0.717) is 18.1 Å². The second kappa shape index (κ2) is 7.04. The molecule has 3 nitrogen and oxygen atoms in total. The van der Waals surface area contributed by atoms with Crippen molar-refractivity contribution in [1.29, 1.82) is 0 Å². The molecule has 1 rings (SSSR count). The Morgan fingerprint density at radius 3 is 1.90 bits per heavy atom. The summed E-state index contributed by atoms with van der Waals surface area (Å²) in [5, 5.41) is 0. The third kappa shape index (κ3) is 6.73. The molecule has 1 saturated carbocycles. The van der Waals surface area contributed by atoms with Crippen LogP contribution in [-0.4, -0.2) is 23.8 Å². The van der Waals surface area contributed by atoms with Gasteiger partial charge in [0.15, 0.2) is 5.78 Å². The van der Waals surface area contributed by atoms with Gasteiger partial charge in [0.05, 0.1) is 5.60 Å². The smallest absolute Gasteiger partial charge is 0.158 e. The molecule has 122 valence electrons. The molecule has 0 amide bonds. The monoisotopic (exact) mass is 296 g/mol. The Balaban J connectivity index is 2.34. The third-order valence-electron chi connectivity index (χ3n) is 4.14. The zero-order chi connectivity index (χ0) is 16.3. The molecule has 1 aliphatic rings. The molecule has 1 fully saturated rings. The number of rotatable bonds is 5. The highest BCUT2D eigenvalue weighted by Gasteiger charge is 2.33. The molecule has 3 heteroatoms. The highest BCUT2D eigenvalue weighted by Crippen LogP contribution is 2.35. The SMILES string of the molecule is CC(C)(C)OCC(=O)CC1CCC(C(=O)C(C)(C)C)CC1. The maximum absolute atomic E-state index is 12.3. The first-order valence-corrected chi connectivity index (χ1v) is 8.19. The van der Waals surface area contributed by atoms with Crippen LogP contribution in [0.15, 0.2) is 0 Å². The molecule has 21 heavy (non-hydrogen) atoms. The minimum absolute atomic E-state index is 0.190. The fraction of sp³-hybridized carbons (Fsp3) is 0.889. The lowest BCUT2D eigenvalue weighted by molar-refractivity contribution is -0.132. The number of carbonyl (C=O) groups is 2. The van der Waals surface area contributed by atoms with Gasteiger partial charge in [-0.1, -0.05) is 20.8 Å². The van der Waals surface area contributed by atoms with Crippen molar-refractivity contribution in [3.8, 4) is 0 Å². The molecule has 0 aliphatic heterocycles. The topological polar surface area (TPSA) is 43.4 Å². The van der Waals surface area contributed by atoms with Gasteiger partial charge in [-0.2, -0.15) is 0 Å². The fourth-order valence-corrected chi connectivity index (χ4v) is 2.92. The van der Waals surface area contributed by atoms with E-state index in [9.17, 15) is 9.59 Å². The van der Waals surface area contributed by atoms with Crippen LogP contribution in [0.4, 0.5) is 0 Å². The highest BCUT2D eigenvalue weighted by molar-refractivity contribution is 5.86. The number of ether oxygens (including phenoxy) is 1. The molecular formula is C18H32O3. The highest BCUT2D eigenvalue weighted by atomic mass is 16.5. The zero-order valence-corrected chi connectivity index (χ0v) is 14.6. The summed E-state index contributed by atoms with van der Waals surface area (Å²) in [5.74, 6) is 1.20. The predicted octanol–water partition coefficient (Wildman–Crippen LogP) is 4.18. The van der Waals surface area contributed by atoms with Gasteiger partial charge in [0.2, 0.25) is 0 Å². The lowest BCUT2D eigenvalue weighted by Gasteiger charge is -2.31. The molecule has 0 bridgehead atoms. The molecule has 0 N–H and O–H groups in total. The van der Waals surface area contributed by atoms with Crippen LogP contribution in [0.25, 0.3) is 0 Å². The second-order valence-corrected chi connectivity index (χ2v) is 8.48. The summed E-state index contributed by atoms with van der Waals surface area (Å²) < 4.78 is 5.53. The number of hydrogen-bond acceptors (Lipinski definition) is 3. The van der Waals surface area contributed by atoms with Gasteiger partial charge < -0.3 is 4.74 Å². The summed E-state index contributed by atoms with van der Waals surface area (Å²) in [6.07, 6.45) is 4.47. The summed E-state index contributed by atoms with van der Waals surface area (Å²) in [6, 6.07) is 0. The first-order chi connectivity index (χ1) is 9.49. The Morgan fingerprint density at radius 2 is 1.48 bits per heavy atom. The van der Waals surface area contributed by atoms with Crippen LogP contribution in [0.1, 0.15) is 73.6 Å². The maximum atomic E-state index is 12.3. The summed E-state index contributed by atoms with van der Waals surface area (Å²) in [4.78, 5) is 24.2. The predicted molar refractivity (Wildman–Crippen MR) is 85.2 cm³/mol. The van der Waals surface area contributed by atoms with E-state index in [1.165, 1.54) is 0 Å². The van der Waals surface area contributed by atoms with Crippen LogP contribution in [0, 0.1) is 17.3 Å². The van der Waals surface area contributed by atoms with Crippen LogP contribution < -0.4 is 0 Å². The Bertz CT molecular complexity index is 363. The summed E-state index contributed by atoms with van der Waals surface area (Å²) >= 11 is 0. The van der Waals surface area contributed by atoms with Gasteiger partial charge in [0, 0.05) is 17.8 Å². The average Bonchev–Trinajstić information content (AvgIpc) is 2.34. The van der Waals surface area contributed by atoms with Crippen molar-refractivity contribution in [2.24, 2.45) is 17.3 Å². The quantitative estimate of drug-likeness (QED) is 0.764. The fourth-order valence-electron chi connectivity index (χ4n) is 2.92. The number of hydrogen-bond donors (Lipinski definition) is 0. The molecule has 0 aromatic heterocycles. The Kier molecular flexibility index (Phi) is 6.15. The van der Waals surface area contributed by atoms with Crippen molar-refractivity contribution in [2.75, 3.05) is 6.61 Å². The van der Waals surface area contributed by atoms with E-state index in [1.54, 1.807) is 0 Å². The molecule has 0 atom stereocenters. The first-order valence-electron chi connectivity index (χ1n) is 8.19. The minimum atomic E-state index is -0.257. The van der Waals surface area contributed by atoms with E-state index in [0.717, 1.165) is 25.7 Å². The van der Waals surface area contributed by atoms with Gasteiger partial charge in [0.25, 0.3) is 0 Å². The molecule has 0 aromatic rings. The van der Waals surface area contributed by atoms with Gasteiger partial charge in [-0.15, -0.1) is 0 Å².